The molecule has 0 radical (unpaired) electrons. The molecule has 0 bridgehead atoms. The number of fused-ring (bicyclic) bond motifs is 1. The van der Waals surface area contributed by atoms with Crippen LogP contribution in [-0.2, 0) is 41.9 Å². The minimum absolute atomic E-state index is 0.0436. The molecule has 2 aromatic heterocycles. The van der Waals surface area contributed by atoms with Crippen LogP contribution >= 0.6 is 0 Å². The number of H-pyrrole nitrogens is 1. The standard InChI is InChI=1S/C17H25N5O2/c1-24-9-8-22-12-18-10-13(22)11-19-17(23)7-6-16-14-4-2-3-5-15(14)20-21-16/h10,12H,2-9,11H2,1H3,(H,19,23)(H,20,21). The van der Waals surface area contributed by atoms with Gasteiger partial charge in [-0.25, -0.2) is 4.98 Å². The fraction of sp³-hybridized carbons (Fsp3) is 0.588. The summed E-state index contributed by atoms with van der Waals surface area (Å²) in [6.45, 7) is 1.85. The molecule has 0 fully saturated rings. The second kappa shape index (κ2) is 8.10. The SMILES string of the molecule is COCCn1cncc1CNC(=O)CCc1n[nH]c2c1CCCC2. The lowest BCUT2D eigenvalue weighted by atomic mass is 9.95. The van der Waals surface area contributed by atoms with E-state index in [9.17, 15) is 4.79 Å². The van der Waals surface area contributed by atoms with Crippen LogP contribution in [0.1, 0.15) is 41.9 Å². The van der Waals surface area contributed by atoms with Gasteiger partial charge in [-0.15, -0.1) is 0 Å². The zero-order valence-electron chi connectivity index (χ0n) is 14.2. The second-order valence-corrected chi connectivity index (χ2v) is 6.18. The normalized spacial score (nSPS) is 13.7. The number of imidazole rings is 1. The van der Waals surface area contributed by atoms with Crippen LogP contribution in [0.25, 0.3) is 0 Å². The van der Waals surface area contributed by atoms with Crippen molar-refractivity contribution in [2.45, 2.75) is 51.6 Å². The Balaban J connectivity index is 1.46. The molecule has 0 saturated carbocycles. The van der Waals surface area contributed by atoms with E-state index < -0.39 is 0 Å². The largest absolute Gasteiger partial charge is 0.383 e. The van der Waals surface area contributed by atoms with Crippen LogP contribution in [0.5, 0.6) is 0 Å². The lowest BCUT2D eigenvalue weighted by Crippen LogP contribution is -2.25. The van der Waals surface area contributed by atoms with Crippen LogP contribution in [0.2, 0.25) is 0 Å². The maximum Gasteiger partial charge on any atom is 0.220 e. The summed E-state index contributed by atoms with van der Waals surface area (Å²) in [7, 11) is 1.67. The number of ether oxygens (including phenoxy) is 1. The smallest absolute Gasteiger partial charge is 0.220 e. The Morgan fingerprint density at radius 2 is 2.29 bits per heavy atom. The van der Waals surface area contributed by atoms with Gasteiger partial charge in [-0.05, 0) is 31.2 Å². The van der Waals surface area contributed by atoms with Crippen LogP contribution < -0.4 is 5.32 Å². The summed E-state index contributed by atoms with van der Waals surface area (Å²) in [4.78, 5) is 16.3. The van der Waals surface area contributed by atoms with Crippen molar-refractivity contribution < 1.29 is 9.53 Å². The molecule has 2 aromatic rings. The van der Waals surface area contributed by atoms with Gasteiger partial charge in [0, 0.05) is 38.4 Å². The van der Waals surface area contributed by atoms with E-state index in [1.54, 1.807) is 19.6 Å². The van der Waals surface area contributed by atoms with Gasteiger partial charge >= 0.3 is 0 Å². The van der Waals surface area contributed by atoms with Crippen molar-refractivity contribution in [1.82, 2.24) is 25.1 Å². The molecule has 1 aliphatic carbocycles. The number of aromatic nitrogens is 4. The highest BCUT2D eigenvalue weighted by atomic mass is 16.5. The minimum Gasteiger partial charge on any atom is -0.383 e. The molecule has 2 heterocycles. The second-order valence-electron chi connectivity index (χ2n) is 6.18. The fourth-order valence-electron chi connectivity index (χ4n) is 3.15. The molecule has 0 unspecified atom stereocenters. The lowest BCUT2D eigenvalue weighted by Gasteiger charge is -2.11. The van der Waals surface area contributed by atoms with Crippen LogP contribution in [0.3, 0.4) is 0 Å². The van der Waals surface area contributed by atoms with E-state index in [0.717, 1.165) is 30.8 Å². The van der Waals surface area contributed by atoms with E-state index in [0.29, 0.717) is 26.0 Å². The first-order chi connectivity index (χ1) is 11.8. The van der Waals surface area contributed by atoms with Gasteiger partial charge in [0.05, 0.1) is 30.9 Å². The zero-order chi connectivity index (χ0) is 16.8. The van der Waals surface area contributed by atoms with Crippen molar-refractivity contribution in [2.24, 2.45) is 0 Å². The first-order valence-electron chi connectivity index (χ1n) is 8.57. The van der Waals surface area contributed by atoms with Crippen molar-refractivity contribution in [1.29, 1.82) is 0 Å². The first-order valence-corrected chi connectivity index (χ1v) is 8.57. The molecule has 3 rings (SSSR count). The number of carbonyl (C=O) groups excluding carboxylic acids is 1. The Morgan fingerprint density at radius 3 is 3.17 bits per heavy atom. The number of rotatable bonds is 8. The van der Waals surface area contributed by atoms with E-state index in [-0.39, 0.29) is 5.91 Å². The number of carbonyl (C=O) groups is 1. The third-order valence-corrected chi connectivity index (χ3v) is 4.53. The van der Waals surface area contributed by atoms with Gasteiger partial charge in [0.1, 0.15) is 0 Å². The summed E-state index contributed by atoms with van der Waals surface area (Å²) >= 11 is 0. The maximum absolute atomic E-state index is 12.1. The lowest BCUT2D eigenvalue weighted by molar-refractivity contribution is -0.121. The van der Waals surface area contributed by atoms with Gasteiger partial charge in [-0.3, -0.25) is 9.89 Å². The Bertz CT molecular complexity index is 676. The molecule has 0 saturated heterocycles. The van der Waals surface area contributed by atoms with Crippen molar-refractivity contribution in [3.63, 3.8) is 0 Å². The van der Waals surface area contributed by atoms with E-state index in [1.807, 2.05) is 4.57 Å². The molecular formula is C17H25N5O2. The molecular weight excluding hydrogens is 306 g/mol. The fourth-order valence-corrected chi connectivity index (χ4v) is 3.15. The quantitative estimate of drug-likeness (QED) is 0.765. The molecule has 0 spiro atoms. The minimum atomic E-state index is 0.0436. The summed E-state index contributed by atoms with van der Waals surface area (Å²) in [5.74, 6) is 0.0436. The van der Waals surface area contributed by atoms with Crippen LogP contribution in [0.4, 0.5) is 0 Å². The Hall–Kier alpha value is -2.15. The highest BCUT2D eigenvalue weighted by Crippen LogP contribution is 2.22. The van der Waals surface area contributed by atoms with Gasteiger partial charge in [0.15, 0.2) is 0 Å². The van der Waals surface area contributed by atoms with Gasteiger partial charge in [-0.1, -0.05) is 0 Å². The third-order valence-electron chi connectivity index (χ3n) is 4.53. The predicted octanol–water partition coefficient (Wildman–Crippen LogP) is 1.38. The van der Waals surface area contributed by atoms with E-state index in [4.69, 9.17) is 4.74 Å². The number of hydrogen-bond donors (Lipinski definition) is 2. The third kappa shape index (κ3) is 4.03. The van der Waals surface area contributed by atoms with Crippen LogP contribution in [0, 0.1) is 0 Å². The Morgan fingerprint density at radius 1 is 1.42 bits per heavy atom. The number of aryl methyl sites for hydroxylation is 2. The highest BCUT2D eigenvalue weighted by Gasteiger charge is 2.17. The molecule has 7 nitrogen and oxygen atoms in total. The molecule has 0 aliphatic heterocycles. The maximum atomic E-state index is 12.1. The number of nitrogens with one attached hydrogen (secondary N) is 2. The molecule has 7 heteroatoms. The van der Waals surface area contributed by atoms with E-state index in [2.05, 4.69) is 20.5 Å². The molecule has 1 amide bonds. The van der Waals surface area contributed by atoms with Crippen molar-refractivity contribution in [3.05, 3.63) is 35.2 Å². The summed E-state index contributed by atoms with van der Waals surface area (Å²) in [6.07, 6.45) is 9.31. The average Bonchev–Trinajstić information content (AvgIpc) is 3.23. The summed E-state index contributed by atoms with van der Waals surface area (Å²) in [6, 6.07) is 0. The average molecular weight is 331 g/mol. The molecule has 0 atom stereocenters. The number of methoxy groups -OCH3 is 1. The predicted molar refractivity (Wildman–Crippen MR) is 89.5 cm³/mol. The molecule has 0 aromatic carbocycles. The zero-order valence-corrected chi connectivity index (χ0v) is 14.2. The van der Waals surface area contributed by atoms with Gasteiger partial charge < -0.3 is 14.6 Å². The summed E-state index contributed by atoms with van der Waals surface area (Å²) < 4.78 is 7.07. The van der Waals surface area contributed by atoms with E-state index in [1.165, 1.54) is 24.1 Å². The molecule has 24 heavy (non-hydrogen) atoms. The Kier molecular flexibility index (Phi) is 5.63. The number of nitrogens with zero attached hydrogens (tertiary/aromatic N) is 3. The molecule has 1 aliphatic rings. The number of amides is 1. The van der Waals surface area contributed by atoms with Crippen LogP contribution in [-0.4, -0.2) is 39.4 Å². The van der Waals surface area contributed by atoms with Gasteiger partial charge in [-0.2, -0.15) is 5.10 Å². The molecule has 130 valence electrons. The Labute approximate surface area is 141 Å². The van der Waals surface area contributed by atoms with Crippen molar-refractivity contribution in [3.8, 4) is 0 Å². The first kappa shape index (κ1) is 16.7. The number of hydrogen-bond acceptors (Lipinski definition) is 4. The number of aromatic amines is 1. The van der Waals surface area contributed by atoms with Gasteiger partial charge in [0.25, 0.3) is 0 Å². The van der Waals surface area contributed by atoms with Gasteiger partial charge in [0.2, 0.25) is 5.91 Å². The monoisotopic (exact) mass is 331 g/mol. The van der Waals surface area contributed by atoms with Crippen molar-refractivity contribution in [2.75, 3.05) is 13.7 Å². The summed E-state index contributed by atoms with van der Waals surface area (Å²) in [5.41, 5.74) is 4.65. The van der Waals surface area contributed by atoms with Crippen LogP contribution in [0.15, 0.2) is 12.5 Å². The molecule has 2 N–H and O–H groups in total. The summed E-state index contributed by atoms with van der Waals surface area (Å²) in [5, 5.41) is 10.5. The van der Waals surface area contributed by atoms with Crippen molar-refractivity contribution >= 4 is 5.91 Å². The topological polar surface area (TPSA) is 84.8 Å². The highest BCUT2D eigenvalue weighted by molar-refractivity contribution is 5.76. The van der Waals surface area contributed by atoms with E-state index >= 15 is 0 Å².